The van der Waals surface area contributed by atoms with Crippen LogP contribution in [0, 0.1) is 0 Å². The third-order valence-electron chi connectivity index (χ3n) is 7.92. The number of pyridine rings is 1. The van der Waals surface area contributed by atoms with E-state index in [-0.39, 0.29) is 28.9 Å². The molecule has 272 valence electrons. The average molecular weight is 710 g/mol. The number of sulfonamides is 1. The quantitative estimate of drug-likeness (QED) is 0.0789. The Balaban J connectivity index is 1.40. The lowest BCUT2D eigenvalue weighted by molar-refractivity contribution is -0.145. The van der Waals surface area contributed by atoms with Crippen molar-refractivity contribution in [1.29, 1.82) is 0 Å². The maximum Gasteiger partial charge on any atom is 0.306 e. The number of aromatic nitrogens is 1. The average Bonchev–Trinajstić information content (AvgIpc) is 3.11. The molecule has 11 nitrogen and oxygen atoms in total. The molecule has 0 saturated heterocycles. The number of carbonyl (C=O) groups is 3. The highest BCUT2D eigenvalue weighted by molar-refractivity contribution is 7.90. The van der Waals surface area contributed by atoms with Crippen LogP contribution in [0.2, 0.25) is 0 Å². The third-order valence-corrected chi connectivity index (χ3v) is 9.26. The smallest absolute Gasteiger partial charge is 0.306 e. The Labute approximate surface area is 296 Å². The molecule has 0 spiro atoms. The van der Waals surface area contributed by atoms with Crippen LogP contribution in [0.4, 0.5) is 0 Å². The molecule has 1 heterocycles. The molecular weight excluding hydrogens is 658 g/mol. The topological polar surface area (TPSA) is 150 Å². The number of amides is 2. The number of hydrogen-bond donors (Lipinski definition) is 2. The number of hydrogen-bond acceptors (Lipinski definition) is 9. The molecule has 0 saturated carbocycles. The molecular formula is C38H51N3O8S. The summed E-state index contributed by atoms with van der Waals surface area (Å²) in [5.74, 6) is -0.334. The van der Waals surface area contributed by atoms with Crippen LogP contribution in [0.3, 0.4) is 0 Å². The van der Waals surface area contributed by atoms with Crippen LogP contribution in [-0.4, -0.2) is 50.9 Å². The number of carbonyl (C=O) groups excluding carboxylic acids is 3. The van der Waals surface area contributed by atoms with Crippen molar-refractivity contribution in [2.45, 2.75) is 103 Å². The molecule has 0 bridgehead atoms. The summed E-state index contributed by atoms with van der Waals surface area (Å²) in [5, 5.41) is 2.85. The Morgan fingerprint density at radius 1 is 0.720 bits per heavy atom. The molecule has 50 heavy (non-hydrogen) atoms. The molecule has 3 rings (SSSR count). The van der Waals surface area contributed by atoms with E-state index in [9.17, 15) is 22.8 Å². The second kappa shape index (κ2) is 21.6. The molecule has 12 heteroatoms. The van der Waals surface area contributed by atoms with Crippen LogP contribution in [-0.2, 0) is 32.6 Å². The van der Waals surface area contributed by atoms with Crippen LogP contribution in [0.5, 0.6) is 11.5 Å². The molecule has 0 fully saturated rings. The molecule has 0 aliphatic rings. The van der Waals surface area contributed by atoms with Crippen molar-refractivity contribution < 1.29 is 37.0 Å². The Bertz CT molecular complexity index is 1610. The van der Waals surface area contributed by atoms with Gasteiger partial charge in [-0.2, -0.15) is 0 Å². The minimum absolute atomic E-state index is 0.0249. The van der Waals surface area contributed by atoms with Gasteiger partial charge < -0.3 is 19.5 Å². The van der Waals surface area contributed by atoms with Crippen molar-refractivity contribution in [3.05, 3.63) is 83.2 Å². The molecule has 0 aliphatic carbocycles. The van der Waals surface area contributed by atoms with Crippen molar-refractivity contribution in [3.63, 3.8) is 0 Å². The Morgan fingerprint density at radius 3 is 2.00 bits per heavy atom. The predicted molar refractivity (Wildman–Crippen MR) is 192 cm³/mol. The first-order chi connectivity index (χ1) is 24.2. The molecule has 1 aromatic heterocycles. The van der Waals surface area contributed by atoms with E-state index in [0.717, 1.165) is 24.8 Å². The van der Waals surface area contributed by atoms with Crippen LogP contribution < -0.4 is 19.5 Å². The summed E-state index contributed by atoms with van der Waals surface area (Å²) < 4.78 is 44.3. The van der Waals surface area contributed by atoms with E-state index in [1.807, 2.05) is 13.8 Å². The summed E-state index contributed by atoms with van der Waals surface area (Å²) in [6.07, 6.45) is 12.5. The highest BCUT2D eigenvalue weighted by Crippen LogP contribution is 2.28. The molecule has 2 aromatic carbocycles. The van der Waals surface area contributed by atoms with Crippen molar-refractivity contribution in [2.75, 3.05) is 19.8 Å². The van der Waals surface area contributed by atoms with Gasteiger partial charge in [-0.1, -0.05) is 70.4 Å². The molecule has 0 unspecified atom stereocenters. The van der Waals surface area contributed by atoms with Gasteiger partial charge in [-0.15, -0.1) is 0 Å². The molecule has 2 amide bonds. The number of esters is 1. The summed E-state index contributed by atoms with van der Waals surface area (Å²) >= 11 is 0. The minimum Gasteiger partial charge on any atom is -0.490 e. The Hall–Kier alpha value is -4.45. The summed E-state index contributed by atoms with van der Waals surface area (Å²) in [6, 6.07) is 14.0. The second-order valence-electron chi connectivity index (χ2n) is 11.9. The normalized spacial score (nSPS) is 11.1. The first-order valence-electron chi connectivity index (χ1n) is 17.6. The van der Waals surface area contributed by atoms with E-state index in [4.69, 9.17) is 14.2 Å². The number of benzene rings is 2. The first kappa shape index (κ1) is 40.0. The van der Waals surface area contributed by atoms with E-state index < -0.39 is 15.9 Å². The maximum atomic E-state index is 12.9. The first-order valence-corrected chi connectivity index (χ1v) is 19.1. The van der Waals surface area contributed by atoms with Crippen molar-refractivity contribution in [1.82, 2.24) is 15.0 Å². The zero-order chi connectivity index (χ0) is 36.2. The fourth-order valence-electron chi connectivity index (χ4n) is 5.14. The SMILES string of the molecule is CCCCCCCCCCCC(=O)OCc1ccc(C(=O)NS(=O)(=O)c2ccc(CCNC(=O)c3ccc(OCC)c(OCC)c3)cc2)cn1. The summed E-state index contributed by atoms with van der Waals surface area (Å²) in [4.78, 5) is 41.5. The van der Waals surface area contributed by atoms with Gasteiger partial charge >= 0.3 is 5.97 Å². The molecule has 0 aliphatic heterocycles. The van der Waals surface area contributed by atoms with E-state index in [1.165, 1.54) is 69.0 Å². The molecule has 2 N–H and O–H groups in total. The minimum atomic E-state index is -4.15. The fraction of sp³-hybridized carbons (Fsp3) is 0.474. The van der Waals surface area contributed by atoms with E-state index >= 15 is 0 Å². The van der Waals surface area contributed by atoms with Gasteiger partial charge in [0.05, 0.1) is 29.4 Å². The number of unbranched alkanes of at least 4 members (excludes halogenated alkanes) is 8. The van der Waals surface area contributed by atoms with Crippen LogP contribution in [0.1, 0.15) is 117 Å². The van der Waals surface area contributed by atoms with Gasteiger partial charge in [-0.05, 0) is 74.7 Å². The lowest BCUT2D eigenvalue weighted by Gasteiger charge is -2.12. The third kappa shape index (κ3) is 13.8. The van der Waals surface area contributed by atoms with Crippen molar-refractivity contribution >= 4 is 27.8 Å². The van der Waals surface area contributed by atoms with Gasteiger partial charge in [0, 0.05) is 24.7 Å². The zero-order valence-electron chi connectivity index (χ0n) is 29.5. The van der Waals surface area contributed by atoms with E-state index in [1.54, 1.807) is 30.3 Å². The van der Waals surface area contributed by atoms with Gasteiger partial charge in [-0.25, -0.2) is 13.1 Å². The van der Waals surface area contributed by atoms with Gasteiger partial charge in [0.1, 0.15) is 6.61 Å². The van der Waals surface area contributed by atoms with E-state index in [2.05, 4.69) is 21.9 Å². The van der Waals surface area contributed by atoms with Gasteiger partial charge in [-0.3, -0.25) is 19.4 Å². The van der Waals surface area contributed by atoms with Crippen LogP contribution in [0.25, 0.3) is 0 Å². The highest BCUT2D eigenvalue weighted by atomic mass is 32.2. The fourth-order valence-corrected chi connectivity index (χ4v) is 6.11. The monoisotopic (exact) mass is 709 g/mol. The standard InChI is InChI=1S/C38H51N3O8S/c1-4-7-8-9-10-11-12-13-14-15-36(42)49-28-32-20-18-31(27-40-32)38(44)41-50(45,46)33-21-16-29(17-22-33)24-25-39-37(43)30-19-23-34(47-5-2)35(26-30)48-6-3/h16-23,26-27H,4-15,24-25,28H2,1-3H3,(H,39,43)(H,41,44). The summed E-state index contributed by atoms with van der Waals surface area (Å²) in [5.41, 5.74) is 1.73. The maximum absolute atomic E-state index is 12.9. The van der Waals surface area contributed by atoms with Gasteiger partial charge in [0.2, 0.25) is 0 Å². The predicted octanol–water partition coefficient (Wildman–Crippen LogP) is 6.93. The highest BCUT2D eigenvalue weighted by Gasteiger charge is 2.19. The Morgan fingerprint density at radius 2 is 1.36 bits per heavy atom. The van der Waals surface area contributed by atoms with Crippen LogP contribution in [0.15, 0.2) is 65.7 Å². The summed E-state index contributed by atoms with van der Waals surface area (Å²) in [6.45, 7) is 7.14. The summed E-state index contributed by atoms with van der Waals surface area (Å²) in [7, 11) is -4.15. The lowest BCUT2D eigenvalue weighted by Crippen LogP contribution is -2.30. The van der Waals surface area contributed by atoms with Gasteiger partial charge in [0.25, 0.3) is 21.8 Å². The number of ether oxygens (including phenoxy) is 3. The van der Waals surface area contributed by atoms with Crippen molar-refractivity contribution in [3.8, 4) is 11.5 Å². The number of rotatable bonds is 23. The number of nitrogens with one attached hydrogen (secondary N) is 2. The van der Waals surface area contributed by atoms with Crippen molar-refractivity contribution in [2.24, 2.45) is 0 Å². The Kier molecular flexibility index (Phi) is 17.3. The zero-order valence-corrected chi connectivity index (χ0v) is 30.3. The van der Waals surface area contributed by atoms with Crippen LogP contribution >= 0.6 is 0 Å². The lowest BCUT2D eigenvalue weighted by atomic mass is 10.1. The molecule has 0 radical (unpaired) electrons. The van der Waals surface area contributed by atoms with E-state index in [0.29, 0.717) is 55.4 Å². The largest absolute Gasteiger partial charge is 0.490 e. The van der Waals surface area contributed by atoms with Gasteiger partial charge in [0.15, 0.2) is 11.5 Å². The molecule has 0 atom stereocenters. The molecule has 3 aromatic rings. The second-order valence-corrected chi connectivity index (χ2v) is 13.6. The number of nitrogens with zero attached hydrogens (tertiary/aromatic N) is 1.